The van der Waals surface area contributed by atoms with Crippen molar-refractivity contribution in [3.8, 4) is 0 Å². The molecular weight excluding hydrogens is 337 g/mol. The fourth-order valence-electron chi connectivity index (χ4n) is 1.88. The summed E-state index contributed by atoms with van der Waals surface area (Å²) in [5.74, 6) is -2.06. The molecular formula is C12H11BrClNO4. The Balaban J connectivity index is 2.10. The van der Waals surface area contributed by atoms with Gasteiger partial charge in [-0.1, -0.05) is 27.5 Å². The first-order valence-corrected chi connectivity index (χ1v) is 6.72. The van der Waals surface area contributed by atoms with Crippen molar-refractivity contribution in [3.05, 3.63) is 33.3 Å². The highest BCUT2D eigenvalue weighted by atomic mass is 79.9. The molecule has 1 heterocycles. The third kappa shape index (κ3) is 3.46. The molecule has 1 aliphatic heterocycles. The number of carboxylic acid groups (broad SMARTS) is 1. The molecule has 0 bridgehead atoms. The molecule has 1 aromatic rings. The van der Waals surface area contributed by atoms with E-state index in [2.05, 4.69) is 21.2 Å². The molecule has 1 aromatic carbocycles. The van der Waals surface area contributed by atoms with Crippen molar-refractivity contribution in [2.24, 2.45) is 5.92 Å². The van der Waals surface area contributed by atoms with Crippen LogP contribution in [-0.4, -0.2) is 36.2 Å². The maximum absolute atomic E-state index is 12.0. The number of ether oxygens (including phenoxy) is 1. The van der Waals surface area contributed by atoms with Crippen molar-refractivity contribution in [1.82, 2.24) is 5.32 Å². The van der Waals surface area contributed by atoms with Gasteiger partial charge in [-0.3, -0.25) is 9.59 Å². The minimum atomic E-state index is -0.977. The van der Waals surface area contributed by atoms with Crippen molar-refractivity contribution >= 4 is 39.4 Å². The molecule has 1 aliphatic rings. The number of rotatable bonds is 3. The van der Waals surface area contributed by atoms with Gasteiger partial charge < -0.3 is 15.2 Å². The Kier molecular flexibility index (Phi) is 4.44. The van der Waals surface area contributed by atoms with E-state index in [1.807, 2.05) is 0 Å². The Morgan fingerprint density at radius 3 is 2.74 bits per heavy atom. The molecule has 1 saturated heterocycles. The summed E-state index contributed by atoms with van der Waals surface area (Å²) in [5, 5.41) is 12.1. The van der Waals surface area contributed by atoms with Gasteiger partial charge in [0.05, 0.1) is 19.3 Å². The predicted octanol–water partition coefficient (Wildman–Crippen LogP) is 1.93. The maximum Gasteiger partial charge on any atom is 0.311 e. The quantitative estimate of drug-likeness (QED) is 0.875. The van der Waals surface area contributed by atoms with Crippen LogP contribution in [0, 0.1) is 5.92 Å². The van der Waals surface area contributed by atoms with E-state index in [9.17, 15) is 9.59 Å². The van der Waals surface area contributed by atoms with Crippen LogP contribution in [0.15, 0.2) is 22.7 Å². The molecule has 1 amide bonds. The fraction of sp³-hybridized carbons (Fsp3) is 0.333. The number of nitrogens with one attached hydrogen (secondary N) is 1. The Bertz CT molecular complexity index is 502. The Morgan fingerprint density at radius 2 is 2.11 bits per heavy atom. The molecule has 19 heavy (non-hydrogen) atoms. The number of carbonyl (C=O) groups excluding carboxylic acids is 1. The number of amides is 1. The number of hydrogen-bond acceptors (Lipinski definition) is 3. The largest absolute Gasteiger partial charge is 0.481 e. The maximum atomic E-state index is 12.0. The number of carboxylic acids is 1. The van der Waals surface area contributed by atoms with Gasteiger partial charge in [-0.05, 0) is 18.2 Å². The van der Waals surface area contributed by atoms with Gasteiger partial charge in [0.15, 0.2) is 0 Å². The summed E-state index contributed by atoms with van der Waals surface area (Å²) in [6.07, 6.45) is 0. The van der Waals surface area contributed by atoms with Crippen LogP contribution in [0.5, 0.6) is 0 Å². The van der Waals surface area contributed by atoms with Crippen molar-refractivity contribution < 1.29 is 19.4 Å². The third-order valence-corrected chi connectivity index (χ3v) is 3.52. The molecule has 7 heteroatoms. The zero-order valence-corrected chi connectivity index (χ0v) is 12.1. The third-order valence-electron chi connectivity index (χ3n) is 2.84. The highest BCUT2D eigenvalue weighted by molar-refractivity contribution is 9.10. The van der Waals surface area contributed by atoms with Gasteiger partial charge in [0.1, 0.15) is 5.92 Å². The van der Waals surface area contributed by atoms with Crippen LogP contribution >= 0.6 is 27.5 Å². The molecule has 0 spiro atoms. The van der Waals surface area contributed by atoms with E-state index in [0.29, 0.717) is 15.1 Å². The smallest absolute Gasteiger partial charge is 0.311 e. The van der Waals surface area contributed by atoms with Gasteiger partial charge in [-0.2, -0.15) is 0 Å². The van der Waals surface area contributed by atoms with Gasteiger partial charge in [-0.25, -0.2) is 0 Å². The number of carbonyl (C=O) groups is 2. The SMILES string of the molecule is O=C(NC1COCC1C(=O)O)c1cc(Cl)cc(Br)c1. The molecule has 5 nitrogen and oxygen atoms in total. The first-order valence-electron chi connectivity index (χ1n) is 5.55. The Morgan fingerprint density at radius 1 is 1.37 bits per heavy atom. The lowest BCUT2D eigenvalue weighted by atomic mass is 10.0. The van der Waals surface area contributed by atoms with Gasteiger partial charge >= 0.3 is 5.97 Å². The van der Waals surface area contributed by atoms with Gasteiger partial charge in [0, 0.05) is 15.1 Å². The van der Waals surface area contributed by atoms with E-state index in [1.165, 1.54) is 6.07 Å². The second-order valence-corrected chi connectivity index (χ2v) is 5.57. The van der Waals surface area contributed by atoms with Gasteiger partial charge in [0.2, 0.25) is 0 Å². The minimum Gasteiger partial charge on any atom is -0.481 e. The van der Waals surface area contributed by atoms with E-state index in [4.69, 9.17) is 21.4 Å². The summed E-state index contributed by atoms with van der Waals surface area (Å²) in [4.78, 5) is 23.0. The Hall–Kier alpha value is -1.11. The average Bonchev–Trinajstić information content (AvgIpc) is 2.75. The highest BCUT2D eigenvalue weighted by Crippen LogP contribution is 2.20. The summed E-state index contributed by atoms with van der Waals surface area (Å²) in [5.41, 5.74) is 0.371. The zero-order valence-electron chi connectivity index (χ0n) is 9.73. The van der Waals surface area contributed by atoms with E-state index in [1.54, 1.807) is 12.1 Å². The van der Waals surface area contributed by atoms with Crippen molar-refractivity contribution in [1.29, 1.82) is 0 Å². The van der Waals surface area contributed by atoms with Crippen molar-refractivity contribution in [2.45, 2.75) is 6.04 Å². The minimum absolute atomic E-state index is 0.111. The summed E-state index contributed by atoms with van der Waals surface area (Å²) < 4.78 is 5.77. The van der Waals surface area contributed by atoms with E-state index < -0.39 is 17.9 Å². The molecule has 102 valence electrons. The van der Waals surface area contributed by atoms with Crippen molar-refractivity contribution in [3.63, 3.8) is 0 Å². The predicted molar refractivity (Wildman–Crippen MR) is 72.4 cm³/mol. The van der Waals surface area contributed by atoms with Crippen LogP contribution in [0.4, 0.5) is 0 Å². The molecule has 2 N–H and O–H groups in total. The van der Waals surface area contributed by atoms with E-state index >= 15 is 0 Å². The van der Waals surface area contributed by atoms with E-state index in [0.717, 1.165) is 0 Å². The van der Waals surface area contributed by atoms with Crippen LogP contribution in [0.2, 0.25) is 5.02 Å². The number of hydrogen-bond donors (Lipinski definition) is 2. The second-order valence-electron chi connectivity index (χ2n) is 4.22. The number of aliphatic carboxylic acids is 1. The van der Waals surface area contributed by atoms with Crippen LogP contribution < -0.4 is 5.32 Å². The van der Waals surface area contributed by atoms with Crippen LogP contribution in [0.3, 0.4) is 0 Å². The normalized spacial score (nSPS) is 22.2. The lowest BCUT2D eigenvalue weighted by Gasteiger charge is -2.15. The molecule has 1 fully saturated rings. The first kappa shape index (κ1) is 14.3. The monoisotopic (exact) mass is 347 g/mol. The molecule has 0 radical (unpaired) electrons. The Labute approximate surface area is 123 Å². The molecule has 0 aliphatic carbocycles. The highest BCUT2D eigenvalue weighted by Gasteiger charge is 2.35. The molecule has 2 atom stereocenters. The lowest BCUT2D eigenvalue weighted by Crippen LogP contribution is -2.42. The van der Waals surface area contributed by atoms with Gasteiger partial charge in [0.25, 0.3) is 5.91 Å². The molecule has 0 aromatic heterocycles. The molecule has 0 saturated carbocycles. The standard InChI is InChI=1S/C12H11BrClNO4/c13-7-1-6(2-8(14)3-7)11(16)15-10-5-19-4-9(10)12(17)18/h1-3,9-10H,4-5H2,(H,15,16)(H,17,18). The zero-order chi connectivity index (χ0) is 14.0. The van der Waals surface area contributed by atoms with Gasteiger partial charge in [-0.15, -0.1) is 0 Å². The number of halogens is 2. The summed E-state index contributed by atoms with van der Waals surface area (Å²) in [6.45, 7) is 0.309. The topological polar surface area (TPSA) is 75.6 Å². The summed E-state index contributed by atoms with van der Waals surface area (Å²) in [7, 11) is 0. The van der Waals surface area contributed by atoms with Crippen LogP contribution in [0.25, 0.3) is 0 Å². The average molecular weight is 349 g/mol. The summed E-state index contributed by atoms with van der Waals surface area (Å²) >= 11 is 9.11. The van der Waals surface area contributed by atoms with Crippen LogP contribution in [-0.2, 0) is 9.53 Å². The lowest BCUT2D eigenvalue weighted by molar-refractivity contribution is -0.142. The molecule has 2 unspecified atom stereocenters. The molecule has 2 rings (SSSR count). The second kappa shape index (κ2) is 5.90. The van der Waals surface area contributed by atoms with Crippen LogP contribution in [0.1, 0.15) is 10.4 Å². The summed E-state index contributed by atoms with van der Waals surface area (Å²) in [6, 6.07) is 4.28. The van der Waals surface area contributed by atoms with Crippen molar-refractivity contribution in [2.75, 3.05) is 13.2 Å². The van der Waals surface area contributed by atoms with E-state index in [-0.39, 0.29) is 19.1 Å². The fourth-order valence-corrected chi connectivity index (χ4v) is 2.74. The first-order chi connectivity index (χ1) is 8.97. The number of benzene rings is 1.